The summed E-state index contributed by atoms with van der Waals surface area (Å²) in [6.07, 6.45) is 4.15. The van der Waals surface area contributed by atoms with Gasteiger partial charge in [0.25, 0.3) is 0 Å². The lowest BCUT2D eigenvalue weighted by Crippen LogP contribution is -2.50. The Kier molecular flexibility index (Phi) is 5.50. The molecule has 138 valence electrons. The second-order valence-corrected chi connectivity index (χ2v) is 8.30. The zero-order chi connectivity index (χ0) is 17.9. The number of carbonyl (C=O) groups is 1. The van der Waals surface area contributed by atoms with Gasteiger partial charge < -0.3 is 9.80 Å². The Hall–Kier alpha value is -1.78. The maximum Gasteiger partial charge on any atom is 0.236 e. The van der Waals surface area contributed by atoms with E-state index in [4.69, 9.17) is 5.14 Å². The summed E-state index contributed by atoms with van der Waals surface area (Å²) in [7, 11) is -3.48. The van der Waals surface area contributed by atoms with Gasteiger partial charge in [-0.25, -0.2) is 23.5 Å². The highest BCUT2D eigenvalue weighted by Gasteiger charge is 2.30. The maximum atomic E-state index is 12.4. The molecule has 0 aliphatic carbocycles. The van der Waals surface area contributed by atoms with Gasteiger partial charge in [-0.3, -0.25) is 9.69 Å². The molecule has 9 nitrogen and oxygen atoms in total. The zero-order valence-corrected chi connectivity index (χ0v) is 14.9. The van der Waals surface area contributed by atoms with Crippen molar-refractivity contribution in [2.24, 2.45) is 11.1 Å². The lowest BCUT2D eigenvalue weighted by molar-refractivity contribution is -0.131. The van der Waals surface area contributed by atoms with Gasteiger partial charge in [-0.1, -0.05) is 0 Å². The number of nitrogens with two attached hydrogens (primary N) is 1. The molecule has 2 aliphatic heterocycles. The van der Waals surface area contributed by atoms with Crippen LogP contribution in [-0.2, 0) is 14.8 Å². The molecule has 0 unspecified atom stereocenters. The van der Waals surface area contributed by atoms with Gasteiger partial charge in [-0.15, -0.1) is 0 Å². The number of primary sulfonamides is 1. The molecular weight excluding hydrogens is 344 g/mol. The molecule has 1 aromatic rings. The van der Waals surface area contributed by atoms with Crippen LogP contribution in [0, 0.1) is 5.92 Å². The maximum absolute atomic E-state index is 12.4. The molecule has 2 aliphatic rings. The summed E-state index contributed by atoms with van der Waals surface area (Å²) in [5.74, 6) is 0.679. The average molecular weight is 368 g/mol. The van der Waals surface area contributed by atoms with Crippen molar-refractivity contribution in [3.63, 3.8) is 0 Å². The van der Waals surface area contributed by atoms with E-state index in [2.05, 4.69) is 19.8 Å². The van der Waals surface area contributed by atoms with Gasteiger partial charge in [-0.05, 0) is 18.4 Å². The number of nitrogens with zero attached hydrogens (tertiary/aromatic N) is 5. The number of hydrogen-bond acceptors (Lipinski definition) is 7. The molecule has 3 rings (SSSR count). The van der Waals surface area contributed by atoms with Crippen LogP contribution in [0.4, 0.5) is 5.95 Å². The minimum absolute atomic E-state index is 0.0491. The highest BCUT2D eigenvalue weighted by atomic mass is 32.2. The van der Waals surface area contributed by atoms with Crippen molar-refractivity contribution in [3.05, 3.63) is 18.5 Å². The van der Waals surface area contributed by atoms with Crippen LogP contribution in [0.1, 0.15) is 6.42 Å². The van der Waals surface area contributed by atoms with Gasteiger partial charge in [0, 0.05) is 51.7 Å². The average Bonchev–Trinajstić information content (AvgIpc) is 3.03. The summed E-state index contributed by atoms with van der Waals surface area (Å²) in [6, 6.07) is 1.79. The van der Waals surface area contributed by atoms with Crippen molar-refractivity contribution in [2.75, 3.05) is 56.5 Å². The van der Waals surface area contributed by atoms with E-state index < -0.39 is 10.0 Å². The summed E-state index contributed by atoms with van der Waals surface area (Å²) in [5.41, 5.74) is 0. The van der Waals surface area contributed by atoms with E-state index in [0.29, 0.717) is 26.1 Å². The normalized spacial score (nSPS) is 22.4. The van der Waals surface area contributed by atoms with Gasteiger partial charge in [-0.2, -0.15) is 0 Å². The van der Waals surface area contributed by atoms with Gasteiger partial charge in [0.1, 0.15) is 0 Å². The first kappa shape index (κ1) is 18.0. The molecule has 0 aromatic carbocycles. The molecule has 2 fully saturated rings. The lowest BCUT2D eigenvalue weighted by atomic mass is 10.2. The van der Waals surface area contributed by atoms with Crippen molar-refractivity contribution >= 4 is 21.9 Å². The lowest BCUT2D eigenvalue weighted by Gasteiger charge is -2.34. The molecular formula is C15H24N6O3S. The van der Waals surface area contributed by atoms with Crippen molar-refractivity contribution in [3.8, 4) is 0 Å². The number of sulfonamides is 1. The van der Waals surface area contributed by atoms with Crippen LogP contribution in [0.2, 0.25) is 0 Å². The van der Waals surface area contributed by atoms with E-state index in [1.807, 2.05) is 0 Å². The number of anilines is 1. The standard InChI is InChI=1S/C15H24N6O3S/c16-25(23,24)12-13-2-5-21(10-13)14(22)11-19-6-8-20(9-7-19)15-17-3-1-4-18-15/h1,3-4,13H,2,5-12H2,(H2,16,23,24)/t13-/m0/s1. The molecule has 10 heteroatoms. The first-order valence-corrected chi connectivity index (χ1v) is 10.1. The van der Waals surface area contributed by atoms with E-state index >= 15 is 0 Å². The molecule has 1 amide bonds. The third-order valence-corrected chi connectivity index (χ3v) is 5.61. The van der Waals surface area contributed by atoms with Gasteiger partial charge in [0.05, 0.1) is 12.3 Å². The fraction of sp³-hybridized carbons (Fsp3) is 0.667. The number of aromatic nitrogens is 2. The molecule has 25 heavy (non-hydrogen) atoms. The quantitative estimate of drug-likeness (QED) is 0.690. The molecule has 1 atom stereocenters. The Morgan fingerprint density at radius 3 is 2.48 bits per heavy atom. The Morgan fingerprint density at radius 1 is 1.16 bits per heavy atom. The predicted molar refractivity (Wildman–Crippen MR) is 93.3 cm³/mol. The summed E-state index contributed by atoms with van der Waals surface area (Å²) >= 11 is 0. The topological polar surface area (TPSA) is 113 Å². The molecule has 2 saturated heterocycles. The first-order chi connectivity index (χ1) is 11.9. The van der Waals surface area contributed by atoms with Crippen molar-refractivity contribution in [2.45, 2.75) is 6.42 Å². The van der Waals surface area contributed by atoms with Gasteiger partial charge >= 0.3 is 0 Å². The Bertz CT molecular complexity index is 690. The van der Waals surface area contributed by atoms with Crippen LogP contribution >= 0.6 is 0 Å². The smallest absolute Gasteiger partial charge is 0.236 e. The summed E-state index contributed by atoms with van der Waals surface area (Å²) in [5, 5.41) is 5.09. The molecule has 2 N–H and O–H groups in total. The van der Waals surface area contributed by atoms with Crippen LogP contribution in [-0.4, -0.2) is 85.7 Å². The third-order valence-electron chi connectivity index (χ3n) is 4.67. The zero-order valence-electron chi connectivity index (χ0n) is 14.1. The second-order valence-electron chi connectivity index (χ2n) is 6.64. The molecule has 0 saturated carbocycles. The van der Waals surface area contributed by atoms with Crippen LogP contribution in [0.5, 0.6) is 0 Å². The van der Waals surface area contributed by atoms with Crippen LogP contribution in [0.15, 0.2) is 18.5 Å². The number of likely N-dealkylation sites (tertiary alicyclic amines) is 1. The summed E-state index contributed by atoms with van der Waals surface area (Å²) < 4.78 is 22.4. The minimum Gasteiger partial charge on any atom is -0.341 e. The van der Waals surface area contributed by atoms with E-state index in [0.717, 1.165) is 32.1 Å². The number of hydrogen-bond donors (Lipinski definition) is 1. The van der Waals surface area contributed by atoms with Gasteiger partial charge in [0.15, 0.2) is 0 Å². The van der Waals surface area contributed by atoms with E-state index in [1.165, 1.54) is 0 Å². The molecule has 3 heterocycles. The largest absolute Gasteiger partial charge is 0.341 e. The molecule has 0 bridgehead atoms. The van der Waals surface area contributed by atoms with Gasteiger partial charge in [0.2, 0.25) is 21.9 Å². The minimum atomic E-state index is -3.48. The second kappa shape index (κ2) is 7.63. The third kappa shape index (κ3) is 5.10. The number of amides is 1. The Morgan fingerprint density at radius 2 is 1.84 bits per heavy atom. The van der Waals surface area contributed by atoms with Crippen LogP contribution in [0.3, 0.4) is 0 Å². The summed E-state index contributed by atoms with van der Waals surface area (Å²) in [6.45, 7) is 4.57. The molecule has 1 aromatic heterocycles. The molecule has 0 radical (unpaired) electrons. The Labute approximate surface area is 147 Å². The van der Waals surface area contributed by atoms with E-state index in [-0.39, 0.29) is 17.6 Å². The van der Waals surface area contributed by atoms with Crippen molar-refractivity contribution < 1.29 is 13.2 Å². The predicted octanol–water partition coefficient (Wildman–Crippen LogP) is -1.26. The van der Waals surface area contributed by atoms with E-state index in [1.54, 1.807) is 23.4 Å². The van der Waals surface area contributed by atoms with E-state index in [9.17, 15) is 13.2 Å². The first-order valence-electron chi connectivity index (χ1n) is 8.43. The van der Waals surface area contributed by atoms with Crippen LogP contribution in [0.25, 0.3) is 0 Å². The number of carbonyl (C=O) groups excluding carboxylic acids is 1. The fourth-order valence-electron chi connectivity index (χ4n) is 3.38. The monoisotopic (exact) mass is 368 g/mol. The fourth-order valence-corrected chi connectivity index (χ4v) is 4.30. The Balaban J connectivity index is 1.44. The molecule has 0 spiro atoms. The van der Waals surface area contributed by atoms with Crippen molar-refractivity contribution in [1.82, 2.24) is 19.8 Å². The highest BCUT2D eigenvalue weighted by Crippen LogP contribution is 2.18. The number of piperazine rings is 1. The van der Waals surface area contributed by atoms with Crippen molar-refractivity contribution in [1.29, 1.82) is 0 Å². The van der Waals surface area contributed by atoms with Crippen LogP contribution < -0.4 is 10.0 Å². The highest BCUT2D eigenvalue weighted by molar-refractivity contribution is 7.89. The SMILES string of the molecule is NS(=O)(=O)C[C@H]1CCN(C(=O)CN2CCN(c3ncccn3)CC2)C1. The number of rotatable bonds is 5. The summed E-state index contributed by atoms with van der Waals surface area (Å²) in [4.78, 5) is 26.9.